The van der Waals surface area contributed by atoms with Gasteiger partial charge in [-0.3, -0.25) is 4.90 Å². The zero-order valence-electron chi connectivity index (χ0n) is 13.6. The molecule has 0 spiro atoms. The van der Waals surface area contributed by atoms with Gasteiger partial charge in [0.05, 0.1) is 16.8 Å². The number of aromatic nitrogens is 1. The molecule has 0 saturated carbocycles. The summed E-state index contributed by atoms with van der Waals surface area (Å²) in [6.45, 7) is 9.22. The van der Waals surface area contributed by atoms with E-state index in [0.29, 0.717) is 19.6 Å². The zero-order valence-corrected chi connectivity index (χ0v) is 14.4. The highest BCUT2D eigenvalue weighted by Gasteiger charge is 2.29. The Morgan fingerprint density at radius 3 is 2.91 bits per heavy atom. The highest BCUT2D eigenvalue weighted by molar-refractivity contribution is 7.07. The number of nitrogens with zero attached hydrogens (tertiary/aromatic N) is 3. The Kier molecular flexibility index (Phi) is 5.77. The number of carbonyl (C=O) groups excluding carboxylic acids is 1. The van der Waals surface area contributed by atoms with Crippen LogP contribution in [0.3, 0.4) is 0 Å². The van der Waals surface area contributed by atoms with Crippen LogP contribution in [-0.4, -0.2) is 70.3 Å². The van der Waals surface area contributed by atoms with Crippen molar-refractivity contribution in [3.8, 4) is 0 Å². The van der Waals surface area contributed by atoms with Crippen molar-refractivity contribution in [1.29, 1.82) is 0 Å². The summed E-state index contributed by atoms with van der Waals surface area (Å²) in [5, 5.41) is 14.9. The van der Waals surface area contributed by atoms with E-state index in [1.165, 1.54) is 0 Å². The largest absolute Gasteiger partial charge is 0.389 e. The number of nitrogens with one attached hydrogen (secondary N) is 1. The first kappa shape index (κ1) is 17.2. The van der Waals surface area contributed by atoms with Gasteiger partial charge in [-0.05, 0) is 20.8 Å². The fourth-order valence-corrected chi connectivity index (χ4v) is 3.38. The third-order valence-electron chi connectivity index (χ3n) is 3.72. The summed E-state index contributed by atoms with van der Waals surface area (Å²) in [5.74, 6) is 0. The van der Waals surface area contributed by atoms with Crippen LogP contribution in [0.4, 0.5) is 4.79 Å². The van der Waals surface area contributed by atoms with Crippen LogP contribution >= 0.6 is 11.3 Å². The lowest BCUT2D eigenvalue weighted by Crippen LogP contribution is -2.58. The van der Waals surface area contributed by atoms with Gasteiger partial charge >= 0.3 is 6.03 Å². The fourth-order valence-electron chi connectivity index (χ4n) is 2.79. The van der Waals surface area contributed by atoms with Gasteiger partial charge in [0.2, 0.25) is 0 Å². The molecule has 0 unspecified atom stereocenters. The molecule has 1 fully saturated rings. The Balaban J connectivity index is 1.74. The molecule has 0 radical (unpaired) electrons. The van der Waals surface area contributed by atoms with Crippen molar-refractivity contribution >= 4 is 17.4 Å². The molecule has 0 aliphatic carbocycles. The van der Waals surface area contributed by atoms with E-state index in [2.05, 4.69) is 22.1 Å². The second kappa shape index (κ2) is 7.39. The van der Waals surface area contributed by atoms with E-state index in [0.717, 1.165) is 25.2 Å². The smallest absolute Gasteiger partial charge is 0.317 e. The molecule has 1 aliphatic heterocycles. The van der Waals surface area contributed by atoms with Crippen molar-refractivity contribution in [3.63, 3.8) is 0 Å². The van der Waals surface area contributed by atoms with Crippen LogP contribution in [0, 0.1) is 0 Å². The van der Waals surface area contributed by atoms with Crippen LogP contribution in [-0.2, 0) is 6.42 Å². The van der Waals surface area contributed by atoms with Crippen LogP contribution in [0.25, 0.3) is 0 Å². The molecule has 7 heteroatoms. The first-order valence-electron chi connectivity index (χ1n) is 7.71. The summed E-state index contributed by atoms with van der Waals surface area (Å²) in [6.07, 6.45) is 0.766. The van der Waals surface area contributed by atoms with Crippen LogP contribution in [0.5, 0.6) is 0 Å². The van der Waals surface area contributed by atoms with Gasteiger partial charge in [-0.1, -0.05) is 0 Å². The minimum Gasteiger partial charge on any atom is -0.389 e. The Morgan fingerprint density at radius 2 is 2.32 bits per heavy atom. The number of rotatable bonds is 5. The number of hydrogen-bond acceptors (Lipinski definition) is 5. The molecule has 2 heterocycles. The summed E-state index contributed by atoms with van der Waals surface area (Å²) < 4.78 is 0. The number of thiazole rings is 1. The first-order chi connectivity index (χ1) is 10.3. The van der Waals surface area contributed by atoms with Crippen LogP contribution in [0.15, 0.2) is 10.9 Å². The topological polar surface area (TPSA) is 68.7 Å². The molecule has 1 saturated heterocycles. The van der Waals surface area contributed by atoms with Gasteiger partial charge in [0.15, 0.2) is 0 Å². The molecule has 0 aromatic carbocycles. The number of urea groups is 1. The van der Waals surface area contributed by atoms with Gasteiger partial charge in [-0.2, -0.15) is 0 Å². The Morgan fingerprint density at radius 1 is 1.55 bits per heavy atom. The average molecular weight is 326 g/mol. The van der Waals surface area contributed by atoms with Crippen molar-refractivity contribution < 1.29 is 9.90 Å². The molecule has 1 aromatic rings. The van der Waals surface area contributed by atoms with E-state index in [4.69, 9.17) is 0 Å². The molecule has 1 atom stereocenters. The fraction of sp³-hybridized carbons (Fsp3) is 0.733. The summed E-state index contributed by atoms with van der Waals surface area (Å²) in [6, 6.07) is 0.140. The number of piperazine rings is 1. The summed E-state index contributed by atoms with van der Waals surface area (Å²) >= 11 is 1.57. The summed E-state index contributed by atoms with van der Waals surface area (Å²) in [4.78, 5) is 20.6. The third-order valence-corrected chi connectivity index (χ3v) is 4.36. The standard InChI is InChI=1S/C15H26N4O2S/c1-12-8-18(10-15(2,3)21)6-7-19(12)14(20)16-5-4-13-9-22-11-17-13/h9,11-12,21H,4-8,10H2,1-3H3,(H,16,20)/t12-/m1/s1. The maximum Gasteiger partial charge on any atom is 0.317 e. The van der Waals surface area contributed by atoms with Gasteiger partial charge in [0.1, 0.15) is 0 Å². The van der Waals surface area contributed by atoms with Crippen molar-refractivity contribution in [1.82, 2.24) is 20.1 Å². The highest BCUT2D eigenvalue weighted by Crippen LogP contribution is 2.13. The van der Waals surface area contributed by atoms with Gasteiger partial charge < -0.3 is 15.3 Å². The molecule has 1 aromatic heterocycles. The van der Waals surface area contributed by atoms with E-state index in [1.54, 1.807) is 16.8 Å². The summed E-state index contributed by atoms with van der Waals surface area (Å²) in [7, 11) is 0. The maximum atomic E-state index is 12.3. The van der Waals surface area contributed by atoms with Gasteiger partial charge in [0, 0.05) is 50.6 Å². The van der Waals surface area contributed by atoms with Crippen molar-refractivity contribution in [2.45, 2.75) is 38.8 Å². The first-order valence-corrected chi connectivity index (χ1v) is 8.66. The van der Waals surface area contributed by atoms with E-state index in [9.17, 15) is 9.90 Å². The SMILES string of the molecule is C[C@@H]1CN(CC(C)(C)O)CCN1C(=O)NCCc1cscn1. The predicted molar refractivity (Wildman–Crippen MR) is 88.1 cm³/mol. The van der Waals surface area contributed by atoms with Crippen LogP contribution in [0.2, 0.25) is 0 Å². The maximum absolute atomic E-state index is 12.3. The molecular formula is C15H26N4O2S. The molecule has 1 aliphatic rings. The Bertz CT molecular complexity index is 472. The van der Waals surface area contributed by atoms with E-state index in [-0.39, 0.29) is 12.1 Å². The van der Waals surface area contributed by atoms with Gasteiger partial charge in [-0.15, -0.1) is 11.3 Å². The monoisotopic (exact) mass is 326 g/mol. The van der Waals surface area contributed by atoms with Crippen LogP contribution in [0.1, 0.15) is 26.5 Å². The van der Waals surface area contributed by atoms with Crippen molar-refractivity contribution in [2.75, 3.05) is 32.7 Å². The summed E-state index contributed by atoms with van der Waals surface area (Å²) in [5.41, 5.74) is 2.13. The predicted octanol–water partition coefficient (Wildman–Crippen LogP) is 1.17. The van der Waals surface area contributed by atoms with Crippen molar-refractivity contribution in [3.05, 3.63) is 16.6 Å². The molecule has 0 bridgehead atoms. The minimum atomic E-state index is -0.697. The van der Waals surface area contributed by atoms with Gasteiger partial charge in [0.25, 0.3) is 0 Å². The lowest BCUT2D eigenvalue weighted by molar-refractivity contribution is 0.0119. The quantitative estimate of drug-likeness (QED) is 0.852. The molecule has 2 N–H and O–H groups in total. The van der Waals surface area contributed by atoms with E-state index in [1.807, 2.05) is 24.1 Å². The number of carbonyl (C=O) groups is 1. The van der Waals surface area contributed by atoms with E-state index < -0.39 is 5.60 Å². The minimum absolute atomic E-state index is 0.00867. The second-order valence-electron chi connectivity index (χ2n) is 6.55. The lowest BCUT2D eigenvalue weighted by atomic mass is 10.1. The molecule has 22 heavy (non-hydrogen) atoms. The number of hydrogen-bond donors (Lipinski definition) is 2. The average Bonchev–Trinajstić information content (AvgIpc) is 2.89. The molecule has 2 rings (SSSR count). The lowest BCUT2D eigenvalue weighted by Gasteiger charge is -2.41. The number of amides is 2. The third kappa shape index (κ3) is 5.23. The zero-order chi connectivity index (χ0) is 16.2. The Labute approximate surface area is 136 Å². The molecule has 6 nitrogen and oxygen atoms in total. The number of β-amino-alcohol motifs (C(OH)–C–C–N with tert-alkyl or cyclic N) is 1. The normalized spacial score (nSPS) is 20.2. The number of aliphatic hydroxyl groups is 1. The van der Waals surface area contributed by atoms with E-state index >= 15 is 0 Å². The van der Waals surface area contributed by atoms with Gasteiger partial charge in [-0.25, -0.2) is 9.78 Å². The highest BCUT2D eigenvalue weighted by atomic mass is 32.1. The second-order valence-corrected chi connectivity index (χ2v) is 7.27. The molecular weight excluding hydrogens is 300 g/mol. The Hall–Kier alpha value is -1.18. The van der Waals surface area contributed by atoms with Crippen LogP contribution < -0.4 is 5.32 Å². The molecule has 2 amide bonds. The molecule has 124 valence electrons. The van der Waals surface area contributed by atoms with Crippen molar-refractivity contribution in [2.24, 2.45) is 0 Å².